The minimum absolute atomic E-state index is 0.0813. The van der Waals surface area contributed by atoms with E-state index >= 15 is 0 Å². The van der Waals surface area contributed by atoms with Gasteiger partial charge in [-0.3, -0.25) is 0 Å². The van der Waals surface area contributed by atoms with Crippen molar-refractivity contribution in [3.63, 3.8) is 0 Å². The van der Waals surface area contributed by atoms with Crippen LogP contribution in [0.2, 0.25) is 0 Å². The molecule has 1 saturated heterocycles. The Balaban J connectivity index is 1.67. The summed E-state index contributed by atoms with van der Waals surface area (Å²) in [5.41, 5.74) is 7.67. The summed E-state index contributed by atoms with van der Waals surface area (Å²) in [6.07, 6.45) is 2.25. The average molecular weight is 461 g/mol. The van der Waals surface area contributed by atoms with E-state index in [4.69, 9.17) is 20.2 Å². The maximum Gasteiger partial charge on any atom is 0.162 e. The molecule has 0 bridgehead atoms. The van der Waals surface area contributed by atoms with E-state index in [1.807, 2.05) is 19.1 Å². The minimum atomic E-state index is -0.825. The number of hydrogen-bond donors (Lipinski definition) is 2. The molecule has 1 fully saturated rings. The molecule has 9 heteroatoms. The smallest absolute Gasteiger partial charge is 0.162 e. The molecule has 176 valence electrons. The minimum Gasteiger partial charge on any atom is -0.456 e. The summed E-state index contributed by atoms with van der Waals surface area (Å²) in [4.78, 5) is 15.6. The van der Waals surface area contributed by atoms with Crippen LogP contribution in [0, 0.1) is 18.3 Å². The van der Waals surface area contributed by atoms with Crippen molar-refractivity contribution < 1.29 is 14.6 Å². The summed E-state index contributed by atoms with van der Waals surface area (Å²) in [7, 11) is 0. The van der Waals surface area contributed by atoms with Gasteiger partial charge in [0.05, 0.1) is 35.5 Å². The normalized spacial score (nSPS) is 16.1. The average Bonchev–Trinajstić information content (AvgIpc) is 2.82. The van der Waals surface area contributed by atoms with Gasteiger partial charge in [-0.2, -0.15) is 5.26 Å². The Kier molecular flexibility index (Phi) is 6.75. The van der Waals surface area contributed by atoms with E-state index in [2.05, 4.69) is 34.8 Å². The maximum absolute atomic E-state index is 9.92. The molecule has 3 aromatic rings. The van der Waals surface area contributed by atoms with Crippen LogP contribution >= 0.6 is 0 Å². The molecule has 3 heterocycles. The SMILES string of the molecule is Cc1cc(Oc2cc(C#N)ccc2-c2ncc([C@H](O)CN)cn2)cc(N2CCOC(C)(C)C2)n1. The van der Waals surface area contributed by atoms with Gasteiger partial charge in [-0.05, 0) is 39.0 Å². The zero-order valence-electron chi connectivity index (χ0n) is 19.5. The summed E-state index contributed by atoms with van der Waals surface area (Å²) < 4.78 is 12.1. The molecule has 0 radical (unpaired) electrons. The number of hydrogen-bond acceptors (Lipinski definition) is 9. The second-order valence-corrected chi connectivity index (χ2v) is 8.85. The van der Waals surface area contributed by atoms with Crippen molar-refractivity contribution in [2.75, 3.05) is 31.1 Å². The van der Waals surface area contributed by atoms with Crippen molar-refractivity contribution in [3.05, 3.63) is 59.5 Å². The predicted octanol–water partition coefficient (Wildman–Crippen LogP) is 3.12. The molecule has 0 aliphatic carbocycles. The van der Waals surface area contributed by atoms with E-state index in [0.717, 1.165) is 18.1 Å². The molecule has 0 unspecified atom stereocenters. The van der Waals surface area contributed by atoms with Crippen LogP contribution in [0.5, 0.6) is 11.5 Å². The number of aliphatic hydroxyl groups excluding tert-OH is 1. The van der Waals surface area contributed by atoms with Crippen LogP contribution in [0.25, 0.3) is 11.4 Å². The monoisotopic (exact) mass is 460 g/mol. The fraction of sp³-hybridized carbons (Fsp3) is 0.360. The van der Waals surface area contributed by atoms with E-state index in [0.29, 0.717) is 47.2 Å². The number of aryl methyl sites for hydroxylation is 1. The lowest BCUT2D eigenvalue weighted by Crippen LogP contribution is -2.48. The van der Waals surface area contributed by atoms with Gasteiger partial charge in [0.2, 0.25) is 0 Å². The fourth-order valence-electron chi connectivity index (χ4n) is 3.83. The number of pyridine rings is 1. The van der Waals surface area contributed by atoms with Crippen molar-refractivity contribution >= 4 is 5.82 Å². The van der Waals surface area contributed by atoms with Crippen LogP contribution in [-0.4, -0.2) is 51.9 Å². The Hall–Kier alpha value is -3.58. The van der Waals surface area contributed by atoms with Crippen LogP contribution < -0.4 is 15.4 Å². The molecule has 2 aromatic heterocycles. The Bertz CT molecular complexity index is 1210. The molecule has 9 nitrogen and oxygen atoms in total. The first kappa shape index (κ1) is 23.6. The standard InChI is InChI=1S/C25H28N6O3/c1-16-8-19(10-23(30-16)31-6-7-33-25(2,3)15-31)34-22-9-17(11-26)4-5-20(22)24-28-13-18(14-29-24)21(32)12-27/h4-5,8-10,13-14,21,32H,6-7,12,15,27H2,1-3H3/t21-/m1/s1. The van der Waals surface area contributed by atoms with Crippen molar-refractivity contribution in [1.29, 1.82) is 5.26 Å². The van der Waals surface area contributed by atoms with E-state index in [1.165, 1.54) is 12.4 Å². The number of anilines is 1. The summed E-state index contributed by atoms with van der Waals surface area (Å²) in [5.74, 6) is 2.26. The van der Waals surface area contributed by atoms with Crippen LogP contribution in [0.3, 0.4) is 0 Å². The van der Waals surface area contributed by atoms with Gasteiger partial charge < -0.3 is 25.2 Å². The Labute approximate surface area is 198 Å². The summed E-state index contributed by atoms with van der Waals surface area (Å²) in [6.45, 7) is 8.19. The van der Waals surface area contributed by atoms with Gasteiger partial charge in [0, 0.05) is 55.4 Å². The fourth-order valence-corrected chi connectivity index (χ4v) is 3.83. The zero-order valence-corrected chi connectivity index (χ0v) is 19.5. The van der Waals surface area contributed by atoms with Crippen molar-refractivity contribution in [3.8, 4) is 29.0 Å². The molecule has 1 aliphatic heterocycles. The molecule has 1 aliphatic rings. The van der Waals surface area contributed by atoms with Crippen LogP contribution in [-0.2, 0) is 4.74 Å². The van der Waals surface area contributed by atoms with E-state index in [-0.39, 0.29) is 12.1 Å². The van der Waals surface area contributed by atoms with Crippen molar-refractivity contribution in [2.24, 2.45) is 5.73 Å². The Morgan fingerprint density at radius 3 is 2.71 bits per heavy atom. The summed E-state index contributed by atoms with van der Waals surface area (Å²) in [5, 5.41) is 19.3. The van der Waals surface area contributed by atoms with Crippen molar-refractivity contribution in [2.45, 2.75) is 32.5 Å². The number of morpholine rings is 1. The van der Waals surface area contributed by atoms with Crippen molar-refractivity contribution in [1.82, 2.24) is 15.0 Å². The van der Waals surface area contributed by atoms with E-state index in [1.54, 1.807) is 18.2 Å². The lowest BCUT2D eigenvalue weighted by Gasteiger charge is -2.39. The first-order chi connectivity index (χ1) is 16.3. The molecular weight excluding hydrogens is 432 g/mol. The number of aromatic nitrogens is 3. The van der Waals surface area contributed by atoms with Gasteiger partial charge in [0.25, 0.3) is 0 Å². The number of ether oxygens (including phenoxy) is 2. The number of benzene rings is 1. The van der Waals surface area contributed by atoms with Crippen LogP contribution in [0.4, 0.5) is 5.82 Å². The lowest BCUT2D eigenvalue weighted by atomic mass is 10.1. The largest absolute Gasteiger partial charge is 0.456 e. The Morgan fingerprint density at radius 1 is 1.26 bits per heavy atom. The molecular formula is C25H28N6O3. The molecule has 1 aromatic carbocycles. The predicted molar refractivity (Wildman–Crippen MR) is 127 cm³/mol. The molecule has 0 saturated carbocycles. The second kappa shape index (κ2) is 9.73. The molecule has 3 N–H and O–H groups in total. The summed E-state index contributed by atoms with van der Waals surface area (Å²) >= 11 is 0. The van der Waals surface area contributed by atoms with Gasteiger partial charge in [-0.25, -0.2) is 15.0 Å². The molecule has 34 heavy (non-hydrogen) atoms. The molecule has 1 atom stereocenters. The third-order valence-corrected chi connectivity index (χ3v) is 5.52. The van der Waals surface area contributed by atoms with E-state index < -0.39 is 6.10 Å². The van der Waals surface area contributed by atoms with Gasteiger partial charge >= 0.3 is 0 Å². The number of nitriles is 1. The number of rotatable bonds is 6. The summed E-state index contributed by atoms with van der Waals surface area (Å²) in [6, 6.07) is 11.0. The zero-order chi connectivity index (χ0) is 24.3. The Morgan fingerprint density at radius 2 is 2.03 bits per heavy atom. The maximum atomic E-state index is 9.92. The topological polar surface area (TPSA) is 130 Å². The second-order valence-electron chi connectivity index (χ2n) is 8.85. The van der Waals surface area contributed by atoms with Crippen LogP contribution in [0.1, 0.15) is 36.8 Å². The third-order valence-electron chi connectivity index (χ3n) is 5.52. The molecule has 0 amide bonds. The molecule has 4 rings (SSSR count). The quantitative estimate of drug-likeness (QED) is 0.569. The highest BCUT2D eigenvalue weighted by Gasteiger charge is 2.28. The van der Waals surface area contributed by atoms with Gasteiger partial charge in [0.1, 0.15) is 17.3 Å². The van der Waals surface area contributed by atoms with Gasteiger partial charge in [-0.1, -0.05) is 0 Å². The van der Waals surface area contributed by atoms with E-state index in [9.17, 15) is 10.4 Å². The van der Waals surface area contributed by atoms with Gasteiger partial charge in [-0.15, -0.1) is 0 Å². The third kappa shape index (κ3) is 5.31. The van der Waals surface area contributed by atoms with Crippen LogP contribution in [0.15, 0.2) is 42.7 Å². The lowest BCUT2D eigenvalue weighted by molar-refractivity contribution is -0.0279. The number of nitrogens with two attached hydrogens (primary N) is 1. The number of aliphatic hydroxyl groups is 1. The highest BCUT2D eigenvalue weighted by molar-refractivity contribution is 5.66. The first-order valence-electron chi connectivity index (χ1n) is 11.1. The first-order valence-corrected chi connectivity index (χ1v) is 11.1. The van der Waals surface area contributed by atoms with Gasteiger partial charge in [0.15, 0.2) is 5.82 Å². The highest BCUT2D eigenvalue weighted by atomic mass is 16.5. The number of nitrogens with zero attached hydrogens (tertiary/aromatic N) is 5. The highest BCUT2D eigenvalue weighted by Crippen LogP contribution is 2.34. The molecule has 0 spiro atoms.